The Hall–Kier alpha value is -0.890. The predicted molar refractivity (Wildman–Crippen MR) is 67.8 cm³/mol. The van der Waals surface area contributed by atoms with Crippen LogP contribution < -0.4 is 4.90 Å². The molecular weight excluding hydrogens is 202 g/mol. The molecule has 0 atom stereocenters. The lowest BCUT2D eigenvalue weighted by molar-refractivity contribution is 0.941. The first kappa shape index (κ1) is 9.34. The summed E-state index contributed by atoms with van der Waals surface area (Å²) in [6.45, 7) is 3.34. The Morgan fingerprint density at radius 1 is 1.20 bits per heavy atom. The SMILES string of the molecule is CCc1cc2c3c(c1)CCN3C(=S)CC2. The van der Waals surface area contributed by atoms with E-state index < -0.39 is 0 Å². The lowest BCUT2D eigenvalue weighted by atomic mass is 9.96. The van der Waals surface area contributed by atoms with Crippen molar-refractivity contribution in [2.45, 2.75) is 32.6 Å². The van der Waals surface area contributed by atoms with Gasteiger partial charge >= 0.3 is 0 Å². The van der Waals surface area contributed by atoms with Crippen LogP contribution in [-0.2, 0) is 19.3 Å². The molecule has 1 nitrogen and oxygen atoms in total. The van der Waals surface area contributed by atoms with Crippen molar-refractivity contribution in [2.24, 2.45) is 0 Å². The van der Waals surface area contributed by atoms with Crippen molar-refractivity contribution >= 4 is 22.9 Å². The largest absolute Gasteiger partial charge is 0.335 e. The van der Waals surface area contributed by atoms with Gasteiger partial charge in [-0.1, -0.05) is 31.3 Å². The van der Waals surface area contributed by atoms with E-state index in [-0.39, 0.29) is 0 Å². The monoisotopic (exact) mass is 217 g/mol. The zero-order valence-corrected chi connectivity index (χ0v) is 9.86. The molecule has 3 rings (SSSR count). The van der Waals surface area contributed by atoms with Gasteiger partial charge in [-0.15, -0.1) is 0 Å². The third-order valence-electron chi connectivity index (χ3n) is 3.52. The Balaban J connectivity index is 2.18. The van der Waals surface area contributed by atoms with Gasteiger partial charge in [-0.05, 0) is 36.0 Å². The molecule has 0 aliphatic carbocycles. The normalized spacial score (nSPS) is 18.2. The fourth-order valence-electron chi connectivity index (χ4n) is 2.73. The van der Waals surface area contributed by atoms with Gasteiger partial charge in [-0.25, -0.2) is 0 Å². The first-order chi connectivity index (χ1) is 7.29. The van der Waals surface area contributed by atoms with E-state index in [1.165, 1.54) is 28.8 Å². The molecule has 0 unspecified atom stereocenters. The average molecular weight is 217 g/mol. The Labute approximate surface area is 96.1 Å². The van der Waals surface area contributed by atoms with Crippen LogP contribution in [0.25, 0.3) is 0 Å². The lowest BCUT2D eigenvalue weighted by Gasteiger charge is -2.28. The van der Waals surface area contributed by atoms with Crippen LogP contribution in [0.5, 0.6) is 0 Å². The molecular formula is C13H15NS. The zero-order chi connectivity index (χ0) is 10.4. The second kappa shape index (κ2) is 3.31. The number of benzene rings is 1. The molecule has 2 aliphatic heterocycles. The molecule has 0 saturated heterocycles. The number of hydrogen-bond acceptors (Lipinski definition) is 1. The van der Waals surface area contributed by atoms with Gasteiger partial charge in [0.15, 0.2) is 0 Å². The van der Waals surface area contributed by atoms with Gasteiger partial charge in [0.05, 0.1) is 4.99 Å². The van der Waals surface area contributed by atoms with Gasteiger partial charge in [0.25, 0.3) is 0 Å². The molecule has 78 valence electrons. The maximum atomic E-state index is 5.42. The molecule has 2 heteroatoms. The topological polar surface area (TPSA) is 3.24 Å². The van der Waals surface area contributed by atoms with Crippen molar-refractivity contribution in [3.8, 4) is 0 Å². The number of aryl methyl sites for hydroxylation is 2. The quantitative estimate of drug-likeness (QED) is 0.665. The van der Waals surface area contributed by atoms with E-state index >= 15 is 0 Å². The summed E-state index contributed by atoms with van der Waals surface area (Å²) in [5.74, 6) is 0. The summed E-state index contributed by atoms with van der Waals surface area (Å²) in [7, 11) is 0. The number of rotatable bonds is 1. The molecule has 0 saturated carbocycles. The van der Waals surface area contributed by atoms with E-state index in [0.29, 0.717) is 0 Å². The summed E-state index contributed by atoms with van der Waals surface area (Å²) in [6, 6.07) is 4.74. The van der Waals surface area contributed by atoms with Crippen LogP contribution in [0.3, 0.4) is 0 Å². The molecule has 0 N–H and O–H groups in total. The summed E-state index contributed by atoms with van der Waals surface area (Å²) < 4.78 is 0. The second-order valence-electron chi connectivity index (χ2n) is 4.41. The van der Waals surface area contributed by atoms with Gasteiger partial charge < -0.3 is 4.90 Å². The first-order valence-corrected chi connectivity index (χ1v) is 6.15. The van der Waals surface area contributed by atoms with Gasteiger partial charge in [0.1, 0.15) is 0 Å². The highest BCUT2D eigenvalue weighted by molar-refractivity contribution is 7.80. The summed E-state index contributed by atoms with van der Waals surface area (Å²) in [5, 5.41) is 0. The van der Waals surface area contributed by atoms with Crippen LogP contribution >= 0.6 is 12.2 Å². The Morgan fingerprint density at radius 2 is 1.93 bits per heavy atom. The Bertz CT molecular complexity index is 436. The van der Waals surface area contributed by atoms with Crippen molar-refractivity contribution in [1.29, 1.82) is 0 Å². The standard InChI is InChI=1S/C13H15NS/c1-2-9-7-10-3-4-12(15)14-6-5-11(8-9)13(10)14/h7-8H,2-6H2,1H3. The molecule has 2 aliphatic rings. The average Bonchev–Trinajstić information content (AvgIpc) is 2.68. The van der Waals surface area contributed by atoms with Crippen molar-refractivity contribution in [3.05, 3.63) is 28.8 Å². The third kappa shape index (κ3) is 1.31. The van der Waals surface area contributed by atoms with E-state index in [1.54, 1.807) is 0 Å². The zero-order valence-electron chi connectivity index (χ0n) is 9.05. The maximum absolute atomic E-state index is 5.42. The maximum Gasteiger partial charge on any atom is 0.0827 e. The molecule has 1 aromatic rings. The molecule has 0 aromatic heterocycles. The molecule has 0 amide bonds. The van der Waals surface area contributed by atoms with Crippen molar-refractivity contribution in [2.75, 3.05) is 11.4 Å². The Kier molecular flexibility index (Phi) is 2.06. The second-order valence-corrected chi connectivity index (χ2v) is 4.88. The summed E-state index contributed by atoms with van der Waals surface area (Å²) in [5.41, 5.74) is 5.98. The van der Waals surface area contributed by atoms with Gasteiger partial charge in [-0.3, -0.25) is 0 Å². The minimum Gasteiger partial charge on any atom is -0.335 e. The number of thiocarbonyl (C=S) groups is 1. The van der Waals surface area contributed by atoms with Gasteiger partial charge in [-0.2, -0.15) is 0 Å². The van der Waals surface area contributed by atoms with Crippen LogP contribution in [0.15, 0.2) is 12.1 Å². The van der Waals surface area contributed by atoms with Crippen molar-refractivity contribution in [3.63, 3.8) is 0 Å². The summed E-state index contributed by atoms with van der Waals surface area (Å²) >= 11 is 5.42. The van der Waals surface area contributed by atoms with Crippen LogP contribution in [-0.4, -0.2) is 11.5 Å². The van der Waals surface area contributed by atoms with Crippen molar-refractivity contribution < 1.29 is 0 Å². The minimum absolute atomic E-state index is 1.06. The van der Waals surface area contributed by atoms with E-state index in [4.69, 9.17) is 12.2 Å². The molecule has 0 spiro atoms. The molecule has 15 heavy (non-hydrogen) atoms. The van der Waals surface area contributed by atoms with Crippen LogP contribution in [0.2, 0.25) is 0 Å². The van der Waals surface area contributed by atoms with E-state index in [0.717, 1.165) is 30.8 Å². The van der Waals surface area contributed by atoms with E-state index in [2.05, 4.69) is 24.0 Å². The number of hydrogen-bond donors (Lipinski definition) is 0. The van der Waals surface area contributed by atoms with E-state index in [1.807, 2.05) is 0 Å². The van der Waals surface area contributed by atoms with E-state index in [9.17, 15) is 0 Å². The fourth-order valence-corrected chi connectivity index (χ4v) is 3.02. The molecule has 1 aromatic carbocycles. The van der Waals surface area contributed by atoms with Gasteiger partial charge in [0, 0.05) is 18.7 Å². The van der Waals surface area contributed by atoms with Crippen LogP contribution in [0, 0.1) is 0 Å². The van der Waals surface area contributed by atoms with Crippen molar-refractivity contribution in [1.82, 2.24) is 0 Å². The highest BCUT2D eigenvalue weighted by atomic mass is 32.1. The third-order valence-corrected chi connectivity index (χ3v) is 3.94. The summed E-state index contributed by atoms with van der Waals surface area (Å²) in [6.07, 6.45) is 4.53. The van der Waals surface area contributed by atoms with Gasteiger partial charge in [0.2, 0.25) is 0 Å². The Morgan fingerprint density at radius 3 is 2.67 bits per heavy atom. The fraction of sp³-hybridized carbons (Fsp3) is 0.462. The minimum atomic E-state index is 1.06. The molecule has 0 bridgehead atoms. The van der Waals surface area contributed by atoms with Crippen LogP contribution in [0.4, 0.5) is 5.69 Å². The highest BCUT2D eigenvalue weighted by Gasteiger charge is 2.28. The molecule has 0 fully saturated rings. The highest BCUT2D eigenvalue weighted by Crippen LogP contribution is 2.37. The predicted octanol–water partition coefficient (Wildman–Crippen LogP) is 2.89. The number of anilines is 1. The molecule has 2 heterocycles. The lowest BCUT2D eigenvalue weighted by Crippen LogP contribution is -2.31. The first-order valence-electron chi connectivity index (χ1n) is 5.74. The number of nitrogens with zero attached hydrogens (tertiary/aromatic N) is 1. The smallest absolute Gasteiger partial charge is 0.0827 e. The summed E-state index contributed by atoms with van der Waals surface area (Å²) in [4.78, 5) is 3.49. The van der Waals surface area contributed by atoms with Crippen LogP contribution in [0.1, 0.15) is 30.0 Å². The molecule has 0 radical (unpaired) electrons.